The van der Waals surface area contributed by atoms with Crippen LogP contribution >= 0.6 is 11.6 Å². The molecular weight excluding hydrogens is 283 g/mol. The summed E-state index contributed by atoms with van der Waals surface area (Å²) in [5, 5.41) is 14.2. The first-order chi connectivity index (χ1) is 9.47. The van der Waals surface area contributed by atoms with E-state index in [0.717, 1.165) is 23.3 Å². The van der Waals surface area contributed by atoms with Gasteiger partial charge in [-0.3, -0.25) is 10.1 Å². The highest BCUT2D eigenvalue weighted by molar-refractivity contribution is 6.31. The molecule has 0 amide bonds. The number of nitro benzene ring substituents is 1. The molecule has 20 heavy (non-hydrogen) atoms. The minimum absolute atomic E-state index is 0.456. The highest BCUT2D eigenvalue weighted by Crippen LogP contribution is 2.22. The fourth-order valence-electron chi connectivity index (χ4n) is 1.72. The summed E-state index contributed by atoms with van der Waals surface area (Å²) in [5.41, 5.74) is 1.87. The topological polar surface area (TPSA) is 55.2 Å². The van der Waals surface area contributed by atoms with Gasteiger partial charge in [-0.1, -0.05) is 23.7 Å². The summed E-state index contributed by atoms with van der Waals surface area (Å²) in [5.74, 6) is -0.859. The van der Waals surface area contributed by atoms with Gasteiger partial charge in [0.2, 0.25) is 5.82 Å². The number of hydrogen-bond acceptors (Lipinski definition) is 3. The molecule has 0 atom stereocenters. The first kappa shape index (κ1) is 14.3. The minimum Gasteiger partial charge on any atom is -0.381 e. The molecule has 1 N–H and O–H groups in total. The number of benzene rings is 2. The number of halogens is 2. The van der Waals surface area contributed by atoms with Gasteiger partial charge >= 0.3 is 5.69 Å². The molecule has 0 aliphatic heterocycles. The first-order valence-electron chi connectivity index (χ1n) is 5.90. The molecule has 0 aliphatic rings. The van der Waals surface area contributed by atoms with Crippen molar-refractivity contribution < 1.29 is 9.31 Å². The van der Waals surface area contributed by atoms with Gasteiger partial charge in [0.15, 0.2) is 0 Å². The van der Waals surface area contributed by atoms with E-state index in [0.29, 0.717) is 17.3 Å². The zero-order chi connectivity index (χ0) is 14.7. The zero-order valence-corrected chi connectivity index (χ0v) is 11.4. The number of anilines is 1. The van der Waals surface area contributed by atoms with Crippen molar-refractivity contribution in [2.24, 2.45) is 0 Å². The molecule has 0 unspecified atom stereocenters. The molecule has 2 aromatic carbocycles. The van der Waals surface area contributed by atoms with Crippen molar-refractivity contribution in [2.75, 3.05) is 5.32 Å². The molecular formula is C14H12ClFN2O2. The molecule has 0 saturated heterocycles. The van der Waals surface area contributed by atoms with E-state index in [4.69, 9.17) is 11.6 Å². The van der Waals surface area contributed by atoms with Crippen LogP contribution in [0.3, 0.4) is 0 Å². The Morgan fingerprint density at radius 3 is 2.65 bits per heavy atom. The lowest BCUT2D eigenvalue weighted by molar-refractivity contribution is -0.387. The van der Waals surface area contributed by atoms with Crippen LogP contribution in [0.2, 0.25) is 5.02 Å². The van der Waals surface area contributed by atoms with Gasteiger partial charge in [-0.2, -0.15) is 4.39 Å². The Bertz CT molecular complexity index is 662. The number of hydrogen-bond donors (Lipinski definition) is 1. The third-order valence-electron chi connectivity index (χ3n) is 2.88. The molecule has 0 aliphatic carbocycles. The summed E-state index contributed by atoms with van der Waals surface area (Å²) in [4.78, 5) is 9.76. The van der Waals surface area contributed by atoms with Crippen LogP contribution in [0.15, 0.2) is 36.4 Å². The molecule has 6 heteroatoms. The average molecular weight is 295 g/mol. The largest absolute Gasteiger partial charge is 0.381 e. The smallest absolute Gasteiger partial charge is 0.304 e. The van der Waals surface area contributed by atoms with Crippen molar-refractivity contribution in [2.45, 2.75) is 13.5 Å². The highest BCUT2D eigenvalue weighted by atomic mass is 35.5. The zero-order valence-electron chi connectivity index (χ0n) is 10.7. The van der Waals surface area contributed by atoms with E-state index in [-0.39, 0.29) is 0 Å². The standard InChI is InChI=1S/C14H12ClFN2O2/c1-9-2-3-10(6-12(9)15)8-17-11-4-5-14(18(19)20)13(16)7-11/h2-7,17H,8H2,1H3. The lowest BCUT2D eigenvalue weighted by Gasteiger charge is -2.08. The molecule has 0 radical (unpaired) electrons. The van der Waals surface area contributed by atoms with E-state index in [2.05, 4.69) is 5.32 Å². The van der Waals surface area contributed by atoms with E-state index < -0.39 is 16.4 Å². The summed E-state index contributed by atoms with van der Waals surface area (Å²) in [6, 6.07) is 9.35. The summed E-state index contributed by atoms with van der Waals surface area (Å²) >= 11 is 6.01. The van der Waals surface area contributed by atoms with Crippen LogP contribution in [-0.4, -0.2) is 4.92 Å². The lowest BCUT2D eigenvalue weighted by atomic mass is 10.1. The van der Waals surface area contributed by atoms with Crippen molar-refractivity contribution in [1.82, 2.24) is 0 Å². The number of nitrogens with one attached hydrogen (secondary N) is 1. The molecule has 2 aromatic rings. The molecule has 0 heterocycles. The van der Waals surface area contributed by atoms with E-state index in [1.54, 1.807) is 0 Å². The van der Waals surface area contributed by atoms with Crippen LogP contribution in [0.1, 0.15) is 11.1 Å². The van der Waals surface area contributed by atoms with Gasteiger partial charge in [-0.05, 0) is 30.2 Å². The minimum atomic E-state index is -0.859. The predicted octanol–water partition coefficient (Wildman–Crippen LogP) is 4.31. The van der Waals surface area contributed by atoms with Crippen molar-refractivity contribution >= 4 is 23.0 Å². The van der Waals surface area contributed by atoms with Crippen LogP contribution in [0.25, 0.3) is 0 Å². The summed E-state index contributed by atoms with van der Waals surface area (Å²) < 4.78 is 13.4. The van der Waals surface area contributed by atoms with Crippen molar-refractivity contribution in [1.29, 1.82) is 0 Å². The molecule has 0 spiro atoms. The van der Waals surface area contributed by atoms with Gasteiger partial charge in [0.05, 0.1) is 4.92 Å². The Labute approximate surface area is 120 Å². The van der Waals surface area contributed by atoms with Gasteiger partial charge < -0.3 is 5.32 Å². The lowest BCUT2D eigenvalue weighted by Crippen LogP contribution is -2.01. The third-order valence-corrected chi connectivity index (χ3v) is 3.28. The third kappa shape index (κ3) is 3.24. The average Bonchev–Trinajstić information content (AvgIpc) is 2.40. The van der Waals surface area contributed by atoms with E-state index in [1.165, 1.54) is 6.07 Å². The maximum absolute atomic E-state index is 13.4. The molecule has 0 fully saturated rings. The van der Waals surface area contributed by atoms with Crippen LogP contribution in [0.5, 0.6) is 0 Å². The second-order valence-corrected chi connectivity index (χ2v) is 4.77. The normalized spacial score (nSPS) is 10.3. The molecule has 104 valence electrons. The predicted molar refractivity (Wildman–Crippen MR) is 76.6 cm³/mol. The molecule has 0 bridgehead atoms. The van der Waals surface area contributed by atoms with Crippen LogP contribution in [0.4, 0.5) is 15.8 Å². The van der Waals surface area contributed by atoms with Crippen LogP contribution in [0, 0.1) is 22.9 Å². The number of rotatable bonds is 4. The summed E-state index contributed by atoms with van der Waals surface area (Å²) in [6.07, 6.45) is 0. The fraction of sp³-hybridized carbons (Fsp3) is 0.143. The first-order valence-corrected chi connectivity index (χ1v) is 6.28. The van der Waals surface area contributed by atoms with Crippen molar-refractivity contribution in [3.8, 4) is 0 Å². The SMILES string of the molecule is Cc1ccc(CNc2ccc([N+](=O)[O-])c(F)c2)cc1Cl. The summed E-state index contributed by atoms with van der Waals surface area (Å²) in [7, 11) is 0. The van der Waals surface area contributed by atoms with Crippen LogP contribution in [-0.2, 0) is 6.54 Å². The molecule has 0 saturated carbocycles. The fourth-order valence-corrected chi connectivity index (χ4v) is 1.92. The summed E-state index contributed by atoms with van der Waals surface area (Å²) in [6.45, 7) is 2.36. The van der Waals surface area contributed by atoms with E-state index >= 15 is 0 Å². The number of aryl methyl sites for hydroxylation is 1. The quantitative estimate of drug-likeness (QED) is 0.675. The van der Waals surface area contributed by atoms with Gasteiger partial charge in [-0.25, -0.2) is 0 Å². The second-order valence-electron chi connectivity index (χ2n) is 4.36. The Kier molecular flexibility index (Phi) is 4.20. The van der Waals surface area contributed by atoms with Crippen molar-refractivity contribution in [3.63, 3.8) is 0 Å². The maximum atomic E-state index is 13.4. The van der Waals surface area contributed by atoms with Crippen LogP contribution < -0.4 is 5.32 Å². The van der Waals surface area contributed by atoms with E-state index in [9.17, 15) is 14.5 Å². The maximum Gasteiger partial charge on any atom is 0.304 e. The monoisotopic (exact) mass is 294 g/mol. The Balaban J connectivity index is 2.09. The van der Waals surface area contributed by atoms with E-state index in [1.807, 2.05) is 25.1 Å². The molecule has 4 nitrogen and oxygen atoms in total. The molecule has 0 aromatic heterocycles. The number of nitrogens with zero attached hydrogens (tertiary/aromatic N) is 1. The second kappa shape index (κ2) is 5.88. The Hall–Kier alpha value is -2.14. The number of nitro groups is 1. The van der Waals surface area contributed by atoms with Gasteiger partial charge in [-0.15, -0.1) is 0 Å². The van der Waals surface area contributed by atoms with Gasteiger partial charge in [0, 0.05) is 29.4 Å². The highest BCUT2D eigenvalue weighted by Gasteiger charge is 2.13. The Morgan fingerprint density at radius 1 is 1.30 bits per heavy atom. The van der Waals surface area contributed by atoms with Gasteiger partial charge in [0.25, 0.3) is 0 Å². The van der Waals surface area contributed by atoms with Gasteiger partial charge in [0.1, 0.15) is 0 Å². The molecule has 2 rings (SSSR count). The Morgan fingerprint density at radius 2 is 2.05 bits per heavy atom. The van der Waals surface area contributed by atoms with Crippen molar-refractivity contribution in [3.05, 3.63) is 68.5 Å².